The number of benzene rings is 2. The lowest BCUT2D eigenvalue weighted by molar-refractivity contribution is 0.0746. The minimum Gasteiger partial charge on any atom is -0.345 e. The summed E-state index contributed by atoms with van der Waals surface area (Å²) in [6, 6.07) is 11.2. The lowest BCUT2D eigenvalue weighted by atomic mass is 10.2. The van der Waals surface area contributed by atoms with Crippen LogP contribution >= 0.6 is 11.3 Å². The highest BCUT2D eigenvalue weighted by atomic mass is 32.2. The van der Waals surface area contributed by atoms with E-state index in [0.717, 1.165) is 22.7 Å². The number of carbonyl (C=O) groups excluding carboxylic acids is 1. The summed E-state index contributed by atoms with van der Waals surface area (Å²) in [6.45, 7) is 4.55. The second-order valence-corrected chi connectivity index (χ2v) is 13.9. The van der Waals surface area contributed by atoms with Gasteiger partial charge in [0, 0.05) is 51.6 Å². The van der Waals surface area contributed by atoms with Crippen LogP contribution in [-0.4, -0.2) is 83.0 Å². The van der Waals surface area contributed by atoms with Crippen molar-refractivity contribution in [3.05, 3.63) is 48.0 Å². The normalized spacial score (nSPS) is 15.1. The Morgan fingerprint density at radius 3 is 2.31 bits per heavy atom. The molecule has 0 unspecified atom stereocenters. The summed E-state index contributed by atoms with van der Waals surface area (Å²) in [5.41, 5.74) is 0.922. The summed E-state index contributed by atoms with van der Waals surface area (Å²) < 4.78 is 51.8. The quantitative estimate of drug-likeness (QED) is 0.424. The molecule has 1 aliphatic heterocycles. The van der Waals surface area contributed by atoms with E-state index in [4.69, 9.17) is 0 Å². The number of para-hydroxylation sites is 1. The molecule has 12 heteroatoms. The van der Waals surface area contributed by atoms with Gasteiger partial charge in [-0.1, -0.05) is 30.7 Å². The van der Waals surface area contributed by atoms with Gasteiger partial charge in [0.25, 0.3) is 5.91 Å². The summed E-state index contributed by atoms with van der Waals surface area (Å²) in [5.74, 6) is -0.151. The highest BCUT2D eigenvalue weighted by molar-refractivity contribution is 7.91. The van der Waals surface area contributed by atoms with Crippen molar-refractivity contribution in [2.24, 2.45) is 0 Å². The maximum Gasteiger partial charge on any atom is 0.253 e. The number of sulfonamides is 1. The number of piperazine rings is 1. The third kappa shape index (κ3) is 5.41. The molecule has 3 aromatic rings. The fourth-order valence-electron chi connectivity index (χ4n) is 4.08. The molecular formula is C24H30N4O5S3. The third-order valence-corrected chi connectivity index (χ3v) is 10.3. The van der Waals surface area contributed by atoms with Gasteiger partial charge in [0.15, 0.2) is 15.0 Å². The van der Waals surface area contributed by atoms with Gasteiger partial charge in [-0.3, -0.25) is 4.79 Å². The van der Waals surface area contributed by atoms with Gasteiger partial charge < -0.3 is 9.80 Å². The smallest absolute Gasteiger partial charge is 0.253 e. The van der Waals surface area contributed by atoms with E-state index in [1.807, 2.05) is 13.0 Å². The molecule has 1 aromatic heterocycles. The summed E-state index contributed by atoms with van der Waals surface area (Å²) in [6.07, 6.45) is 2.87. The highest BCUT2D eigenvalue weighted by Gasteiger charge is 2.26. The van der Waals surface area contributed by atoms with Crippen LogP contribution in [0.3, 0.4) is 0 Å². The number of amides is 1. The van der Waals surface area contributed by atoms with Crippen LogP contribution in [-0.2, 0) is 19.9 Å². The van der Waals surface area contributed by atoms with Gasteiger partial charge in [-0.05, 0) is 42.8 Å². The van der Waals surface area contributed by atoms with Crippen LogP contribution in [0.15, 0.2) is 52.3 Å². The molecule has 0 radical (unpaired) electrons. The third-order valence-electron chi connectivity index (χ3n) is 6.24. The number of rotatable bonds is 8. The van der Waals surface area contributed by atoms with Crippen LogP contribution in [0.25, 0.3) is 10.2 Å². The lowest BCUT2D eigenvalue weighted by Crippen LogP contribution is -2.48. The molecule has 1 fully saturated rings. The topological polar surface area (TPSA) is 108 Å². The highest BCUT2D eigenvalue weighted by Crippen LogP contribution is 2.33. The van der Waals surface area contributed by atoms with Crippen molar-refractivity contribution < 1.29 is 21.6 Å². The fourth-order valence-corrected chi connectivity index (χ4v) is 7.23. The Bertz CT molecular complexity index is 1460. The van der Waals surface area contributed by atoms with Crippen molar-refractivity contribution in [2.75, 3.05) is 50.9 Å². The molecule has 2 heterocycles. The van der Waals surface area contributed by atoms with Crippen LogP contribution in [0.4, 0.5) is 5.13 Å². The molecule has 4 rings (SSSR count). The van der Waals surface area contributed by atoms with E-state index in [1.165, 1.54) is 34.0 Å². The first kappa shape index (κ1) is 26.5. The van der Waals surface area contributed by atoms with Crippen LogP contribution in [0, 0.1) is 0 Å². The molecule has 0 spiro atoms. The van der Waals surface area contributed by atoms with Crippen molar-refractivity contribution in [2.45, 2.75) is 29.6 Å². The van der Waals surface area contributed by atoms with Crippen LogP contribution in [0.2, 0.25) is 0 Å². The maximum absolute atomic E-state index is 13.0. The number of hydrogen-bond acceptors (Lipinski definition) is 8. The summed E-state index contributed by atoms with van der Waals surface area (Å²) >= 11 is 1.44. The van der Waals surface area contributed by atoms with Gasteiger partial charge in [0.2, 0.25) is 10.0 Å². The Morgan fingerprint density at radius 1 is 1.03 bits per heavy atom. The average Bonchev–Trinajstić information content (AvgIpc) is 3.30. The monoisotopic (exact) mass is 550 g/mol. The lowest BCUT2D eigenvalue weighted by Gasteiger charge is -2.34. The zero-order valence-electron chi connectivity index (χ0n) is 20.5. The first-order valence-corrected chi connectivity index (χ1v) is 15.9. The molecule has 0 bridgehead atoms. The van der Waals surface area contributed by atoms with E-state index in [9.17, 15) is 21.6 Å². The number of hydrogen-bond donors (Lipinski definition) is 0. The fraction of sp³-hybridized carbons (Fsp3) is 0.417. The minimum absolute atomic E-state index is 0.151. The van der Waals surface area contributed by atoms with Gasteiger partial charge in [0.05, 0.1) is 14.5 Å². The first-order valence-electron chi connectivity index (χ1n) is 11.7. The van der Waals surface area contributed by atoms with E-state index in [1.54, 1.807) is 36.2 Å². The van der Waals surface area contributed by atoms with E-state index < -0.39 is 19.9 Å². The summed E-state index contributed by atoms with van der Waals surface area (Å²) in [7, 11) is -5.40. The molecule has 194 valence electrons. The molecule has 1 amide bonds. The van der Waals surface area contributed by atoms with Gasteiger partial charge >= 0.3 is 0 Å². The van der Waals surface area contributed by atoms with Crippen LogP contribution < -0.4 is 4.90 Å². The van der Waals surface area contributed by atoms with Crippen molar-refractivity contribution in [3.8, 4) is 0 Å². The van der Waals surface area contributed by atoms with E-state index in [-0.39, 0.29) is 15.7 Å². The number of nitrogens with zero attached hydrogens (tertiary/aromatic N) is 4. The molecule has 0 N–H and O–H groups in total. The standard InChI is InChI=1S/C24H30N4O5S3/c1-4-5-13-26(2)36(32,33)19-11-9-18(10-12-19)23(29)27-14-16-28(17-15-27)24-25-22-20(34-24)7-6-8-21(22)35(3,30)31/h6-12H,4-5,13-17H2,1-3H3. The second-order valence-electron chi connectivity index (χ2n) is 8.86. The molecule has 0 saturated carbocycles. The predicted octanol–water partition coefficient (Wildman–Crippen LogP) is 3.08. The van der Waals surface area contributed by atoms with Gasteiger partial charge in [-0.2, -0.15) is 0 Å². The van der Waals surface area contributed by atoms with E-state index in [0.29, 0.717) is 43.8 Å². The number of anilines is 1. The molecule has 0 atom stereocenters. The summed E-state index contributed by atoms with van der Waals surface area (Å²) in [5, 5.41) is 0.731. The first-order chi connectivity index (χ1) is 17.0. The molecule has 2 aromatic carbocycles. The molecule has 36 heavy (non-hydrogen) atoms. The number of aromatic nitrogens is 1. The van der Waals surface area contributed by atoms with Crippen LogP contribution in [0.1, 0.15) is 30.1 Å². The summed E-state index contributed by atoms with van der Waals surface area (Å²) in [4.78, 5) is 21.8. The van der Waals surface area contributed by atoms with Crippen LogP contribution in [0.5, 0.6) is 0 Å². The number of thiazole rings is 1. The number of carbonyl (C=O) groups is 1. The minimum atomic E-state index is -3.58. The predicted molar refractivity (Wildman–Crippen MR) is 142 cm³/mol. The Kier molecular flexibility index (Phi) is 7.69. The van der Waals surface area contributed by atoms with Crippen molar-refractivity contribution >= 4 is 52.5 Å². The van der Waals surface area contributed by atoms with E-state index >= 15 is 0 Å². The number of unbranched alkanes of at least 4 members (excludes halogenated alkanes) is 1. The van der Waals surface area contributed by atoms with Crippen molar-refractivity contribution in [1.82, 2.24) is 14.2 Å². The van der Waals surface area contributed by atoms with E-state index in [2.05, 4.69) is 9.88 Å². The average molecular weight is 551 g/mol. The molecular weight excluding hydrogens is 520 g/mol. The molecule has 1 aliphatic rings. The number of fused-ring (bicyclic) bond motifs is 1. The Hall–Kier alpha value is -2.54. The molecule has 1 saturated heterocycles. The molecule has 0 aliphatic carbocycles. The van der Waals surface area contributed by atoms with Crippen molar-refractivity contribution in [1.29, 1.82) is 0 Å². The number of sulfone groups is 1. The Labute approximate surface area is 216 Å². The zero-order chi connectivity index (χ0) is 26.1. The zero-order valence-corrected chi connectivity index (χ0v) is 23.0. The Balaban J connectivity index is 1.42. The molecule has 9 nitrogen and oxygen atoms in total. The maximum atomic E-state index is 13.0. The van der Waals surface area contributed by atoms with Gasteiger partial charge in [-0.25, -0.2) is 26.1 Å². The van der Waals surface area contributed by atoms with Gasteiger partial charge in [-0.15, -0.1) is 0 Å². The largest absolute Gasteiger partial charge is 0.345 e. The Morgan fingerprint density at radius 2 is 1.69 bits per heavy atom. The van der Waals surface area contributed by atoms with Crippen molar-refractivity contribution in [3.63, 3.8) is 0 Å². The SMILES string of the molecule is CCCCN(C)S(=O)(=O)c1ccc(C(=O)N2CCN(c3nc4c(S(C)(=O)=O)cccc4s3)CC2)cc1. The second kappa shape index (κ2) is 10.4. The van der Waals surface area contributed by atoms with Gasteiger partial charge in [0.1, 0.15) is 5.52 Å².